The number of aliphatic hydroxyl groups excluding tert-OH is 1. The van der Waals surface area contributed by atoms with Crippen molar-refractivity contribution in [3.05, 3.63) is 11.9 Å². The number of hydrogen-bond donors (Lipinski definition) is 1. The summed E-state index contributed by atoms with van der Waals surface area (Å²) in [6, 6.07) is 0. The van der Waals surface area contributed by atoms with Crippen LogP contribution in [-0.4, -0.2) is 50.6 Å². The molecule has 88 valence electrons. The van der Waals surface area contributed by atoms with Crippen molar-refractivity contribution in [2.45, 2.75) is 25.8 Å². The first-order valence-electron chi connectivity index (χ1n) is 5.57. The van der Waals surface area contributed by atoms with Crippen molar-refractivity contribution in [1.82, 2.24) is 19.9 Å². The predicted octanol–water partition coefficient (Wildman–Crippen LogP) is -0.565. The van der Waals surface area contributed by atoms with Gasteiger partial charge in [-0.2, -0.15) is 0 Å². The monoisotopic (exact) mass is 224 g/mol. The van der Waals surface area contributed by atoms with Gasteiger partial charge in [0, 0.05) is 32.3 Å². The third-order valence-electron chi connectivity index (χ3n) is 2.71. The summed E-state index contributed by atoms with van der Waals surface area (Å²) in [5, 5.41) is 16.5. The maximum absolute atomic E-state index is 11.8. The van der Waals surface area contributed by atoms with Crippen LogP contribution in [0.1, 0.15) is 18.5 Å². The van der Waals surface area contributed by atoms with E-state index in [0.29, 0.717) is 6.42 Å². The molecule has 0 radical (unpaired) electrons. The Kier molecular flexibility index (Phi) is 3.51. The van der Waals surface area contributed by atoms with Gasteiger partial charge in [0.05, 0.1) is 5.69 Å². The number of rotatable bonds is 4. The van der Waals surface area contributed by atoms with E-state index in [2.05, 4.69) is 10.3 Å². The van der Waals surface area contributed by atoms with Crippen LogP contribution in [0.5, 0.6) is 0 Å². The Morgan fingerprint density at radius 2 is 2.19 bits per heavy atom. The summed E-state index contributed by atoms with van der Waals surface area (Å²) >= 11 is 0. The molecule has 6 heteroatoms. The summed E-state index contributed by atoms with van der Waals surface area (Å²) in [7, 11) is 0. The van der Waals surface area contributed by atoms with Crippen LogP contribution < -0.4 is 0 Å². The van der Waals surface area contributed by atoms with Crippen LogP contribution >= 0.6 is 0 Å². The largest absolute Gasteiger partial charge is 0.396 e. The molecule has 0 aliphatic carbocycles. The Morgan fingerprint density at radius 3 is 2.88 bits per heavy atom. The van der Waals surface area contributed by atoms with Gasteiger partial charge in [0.25, 0.3) is 0 Å². The fraction of sp³-hybridized carbons (Fsp3) is 0.700. The summed E-state index contributed by atoms with van der Waals surface area (Å²) in [5.41, 5.74) is 0.719. The van der Waals surface area contributed by atoms with Crippen LogP contribution in [0.15, 0.2) is 6.20 Å². The van der Waals surface area contributed by atoms with Crippen molar-refractivity contribution in [1.29, 1.82) is 0 Å². The molecule has 0 atom stereocenters. The van der Waals surface area contributed by atoms with Crippen molar-refractivity contribution in [2.24, 2.45) is 0 Å². The summed E-state index contributed by atoms with van der Waals surface area (Å²) < 4.78 is 1.53. The van der Waals surface area contributed by atoms with Crippen LogP contribution in [-0.2, 0) is 17.8 Å². The first-order valence-corrected chi connectivity index (χ1v) is 5.57. The van der Waals surface area contributed by atoms with E-state index in [1.165, 1.54) is 4.68 Å². The van der Waals surface area contributed by atoms with Crippen LogP contribution in [0.2, 0.25) is 0 Å². The standard InChI is InChI=1S/C10H16N4O2/c15-6-3-9-7-14(12-11-9)8-10(16)13-4-1-2-5-13/h7,15H,1-6,8H2. The van der Waals surface area contributed by atoms with Crippen molar-refractivity contribution in [3.63, 3.8) is 0 Å². The van der Waals surface area contributed by atoms with Gasteiger partial charge in [-0.3, -0.25) is 4.79 Å². The number of hydrogen-bond acceptors (Lipinski definition) is 4. The van der Waals surface area contributed by atoms with Gasteiger partial charge < -0.3 is 10.0 Å². The first-order chi connectivity index (χ1) is 7.79. The molecule has 2 heterocycles. The third-order valence-corrected chi connectivity index (χ3v) is 2.71. The minimum Gasteiger partial charge on any atom is -0.396 e. The highest BCUT2D eigenvalue weighted by Gasteiger charge is 2.18. The maximum atomic E-state index is 11.8. The van der Waals surface area contributed by atoms with E-state index in [1.807, 2.05) is 4.90 Å². The minimum atomic E-state index is 0.0543. The molecular formula is C10H16N4O2. The number of nitrogens with zero attached hydrogens (tertiary/aromatic N) is 4. The Morgan fingerprint density at radius 1 is 1.44 bits per heavy atom. The quantitative estimate of drug-likeness (QED) is 0.744. The lowest BCUT2D eigenvalue weighted by molar-refractivity contribution is -0.130. The summed E-state index contributed by atoms with van der Waals surface area (Å²) in [6.07, 6.45) is 4.39. The lowest BCUT2D eigenvalue weighted by Crippen LogP contribution is -2.31. The maximum Gasteiger partial charge on any atom is 0.244 e. The summed E-state index contributed by atoms with van der Waals surface area (Å²) in [4.78, 5) is 13.6. The Balaban J connectivity index is 1.89. The molecule has 2 rings (SSSR count). The zero-order valence-electron chi connectivity index (χ0n) is 9.17. The number of amides is 1. The van der Waals surface area contributed by atoms with E-state index in [4.69, 9.17) is 5.11 Å². The fourth-order valence-corrected chi connectivity index (χ4v) is 1.85. The highest BCUT2D eigenvalue weighted by Crippen LogP contribution is 2.08. The molecule has 16 heavy (non-hydrogen) atoms. The van der Waals surface area contributed by atoms with Crippen LogP contribution in [0.25, 0.3) is 0 Å². The van der Waals surface area contributed by atoms with E-state index in [0.717, 1.165) is 31.6 Å². The molecule has 1 saturated heterocycles. The van der Waals surface area contributed by atoms with E-state index in [9.17, 15) is 4.79 Å². The van der Waals surface area contributed by atoms with Crippen LogP contribution in [0.4, 0.5) is 0 Å². The molecule has 1 N–H and O–H groups in total. The minimum absolute atomic E-state index is 0.0543. The van der Waals surface area contributed by atoms with E-state index in [1.54, 1.807) is 6.20 Å². The normalized spacial score (nSPS) is 15.7. The van der Waals surface area contributed by atoms with Gasteiger partial charge in [0.15, 0.2) is 0 Å². The molecule has 1 fully saturated rings. The van der Waals surface area contributed by atoms with E-state index < -0.39 is 0 Å². The van der Waals surface area contributed by atoms with E-state index in [-0.39, 0.29) is 19.1 Å². The van der Waals surface area contributed by atoms with Gasteiger partial charge in [0.2, 0.25) is 5.91 Å². The average molecular weight is 224 g/mol. The average Bonchev–Trinajstić information content (AvgIpc) is 2.89. The second kappa shape index (κ2) is 5.07. The number of aliphatic hydroxyl groups is 1. The molecule has 0 saturated carbocycles. The molecule has 1 aliphatic rings. The molecule has 0 bridgehead atoms. The van der Waals surface area contributed by atoms with Crippen molar-refractivity contribution in [2.75, 3.05) is 19.7 Å². The lowest BCUT2D eigenvalue weighted by Gasteiger charge is -2.14. The second-order valence-electron chi connectivity index (χ2n) is 3.97. The van der Waals surface area contributed by atoms with Gasteiger partial charge in [0.1, 0.15) is 6.54 Å². The molecule has 0 unspecified atom stereocenters. The smallest absolute Gasteiger partial charge is 0.244 e. The molecule has 1 aromatic rings. The zero-order valence-corrected chi connectivity index (χ0v) is 9.17. The molecule has 1 aliphatic heterocycles. The first kappa shape index (κ1) is 11.1. The molecule has 1 aromatic heterocycles. The van der Waals surface area contributed by atoms with Gasteiger partial charge in [-0.15, -0.1) is 5.10 Å². The second-order valence-corrected chi connectivity index (χ2v) is 3.97. The molecule has 0 spiro atoms. The van der Waals surface area contributed by atoms with Gasteiger partial charge in [-0.1, -0.05) is 5.21 Å². The Hall–Kier alpha value is -1.43. The highest BCUT2D eigenvalue weighted by molar-refractivity contribution is 5.76. The molecular weight excluding hydrogens is 208 g/mol. The molecule has 6 nitrogen and oxygen atoms in total. The SMILES string of the molecule is O=C(Cn1cc(CCO)nn1)N1CCCC1. The molecule has 0 aromatic carbocycles. The number of aromatic nitrogens is 3. The van der Waals surface area contributed by atoms with Crippen molar-refractivity contribution < 1.29 is 9.90 Å². The Bertz CT molecular complexity index is 357. The van der Waals surface area contributed by atoms with Gasteiger partial charge in [-0.05, 0) is 12.8 Å². The highest BCUT2D eigenvalue weighted by atomic mass is 16.3. The molecule has 1 amide bonds. The van der Waals surface area contributed by atoms with Crippen LogP contribution in [0, 0.1) is 0 Å². The number of carbonyl (C=O) groups is 1. The zero-order chi connectivity index (χ0) is 11.4. The predicted molar refractivity (Wildman–Crippen MR) is 56.6 cm³/mol. The van der Waals surface area contributed by atoms with Gasteiger partial charge >= 0.3 is 0 Å². The van der Waals surface area contributed by atoms with Crippen LogP contribution in [0.3, 0.4) is 0 Å². The fourth-order valence-electron chi connectivity index (χ4n) is 1.85. The number of carbonyl (C=O) groups excluding carboxylic acids is 1. The summed E-state index contributed by atoms with van der Waals surface area (Å²) in [6.45, 7) is 2.02. The topological polar surface area (TPSA) is 71.2 Å². The summed E-state index contributed by atoms with van der Waals surface area (Å²) in [5.74, 6) is 0.0953. The third kappa shape index (κ3) is 2.57. The van der Waals surface area contributed by atoms with Crippen molar-refractivity contribution >= 4 is 5.91 Å². The van der Waals surface area contributed by atoms with Gasteiger partial charge in [-0.25, -0.2) is 4.68 Å². The lowest BCUT2D eigenvalue weighted by atomic mass is 10.3. The van der Waals surface area contributed by atoms with E-state index >= 15 is 0 Å². The number of likely N-dealkylation sites (tertiary alicyclic amines) is 1. The van der Waals surface area contributed by atoms with Crippen molar-refractivity contribution in [3.8, 4) is 0 Å². The Labute approximate surface area is 93.9 Å².